The van der Waals surface area contributed by atoms with E-state index in [9.17, 15) is 13.6 Å². The van der Waals surface area contributed by atoms with E-state index in [1.54, 1.807) is 20.8 Å². The SMILES string of the molecule is Cc1c(Br)cccc1OCCC[C@@H]1CCN(C(=O)OC(C)(C)C)CC1(F)F. The minimum atomic E-state index is -2.92. The Balaban J connectivity index is 1.81. The fraction of sp³-hybridized carbons (Fsp3) is 0.650. The summed E-state index contributed by atoms with van der Waals surface area (Å²) < 4.78 is 40.9. The molecule has 1 atom stereocenters. The van der Waals surface area contributed by atoms with Crippen LogP contribution in [0.15, 0.2) is 22.7 Å². The van der Waals surface area contributed by atoms with E-state index >= 15 is 0 Å². The number of carbonyl (C=O) groups excluding carboxylic acids is 1. The summed E-state index contributed by atoms with van der Waals surface area (Å²) in [7, 11) is 0. The second-order valence-corrected chi connectivity index (χ2v) is 8.86. The third-order valence-corrected chi connectivity index (χ3v) is 5.43. The molecule has 1 heterocycles. The number of alkyl halides is 2. The van der Waals surface area contributed by atoms with Crippen LogP contribution in [0.5, 0.6) is 5.75 Å². The Labute approximate surface area is 168 Å². The van der Waals surface area contributed by atoms with Gasteiger partial charge in [0, 0.05) is 22.5 Å². The molecule has 0 aliphatic carbocycles. The van der Waals surface area contributed by atoms with Crippen LogP contribution in [0, 0.1) is 12.8 Å². The Kier molecular flexibility index (Phi) is 7.11. The van der Waals surface area contributed by atoms with Gasteiger partial charge < -0.3 is 14.4 Å². The zero-order valence-electron chi connectivity index (χ0n) is 16.4. The van der Waals surface area contributed by atoms with Crippen LogP contribution in [-0.2, 0) is 4.74 Å². The van der Waals surface area contributed by atoms with E-state index in [2.05, 4.69) is 15.9 Å². The number of amides is 1. The minimum absolute atomic E-state index is 0.266. The molecule has 1 aromatic rings. The topological polar surface area (TPSA) is 38.8 Å². The van der Waals surface area contributed by atoms with E-state index < -0.39 is 30.1 Å². The molecule has 1 fully saturated rings. The van der Waals surface area contributed by atoms with Crippen molar-refractivity contribution in [3.8, 4) is 5.75 Å². The van der Waals surface area contributed by atoms with Gasteiger partial charge in [0.2, 0.25) is 0 Å². The average Bonchev–Trinajstić information content (AvgIpc) is 2.54. The lowest BCUT2D eigenvalue weighted by atomic mass is 9.89. The van der Waals surface area contributed by atoms with Crippen molar-refractivity contribution in [1.82, 2.24) is 4.90 Å². The Morgan fingerprint density at radius 1 is 1.37 bits per heavy atom. The molecule has 4 nitrogen and oxygen atoms in total. The number of piperidine rings is 1. The molecule has 1 amide bonds. The molecular formula is C20H28BrF2NO3. The van der Waals surface area contributed by atoms with Crippen molar-refractivity contribution in [2.75, 3.05) is 19.7 Å². The van der Waals surface area contributed by atoms with Crippen molar-refractivity contribution >= 4 is 22.0 Å². The quantitative estimate of drug-likeness (QED) is 0.534. The van der Waals surface area contributed by atoms with E-state index in [1.807, 2.05) is 25.1 Å². The lowest BCUT2D eigenvalue weighted by molar-refractivity contribution is -0.113. The molecule has 0 spiro atoms. The third kappa shape index (κ3) is 6.33. The molecule has 7 heteroatoms. The van der Waals surface area contributed by atoms with Gasteiger partial charge in [-0.05, 0) is 59.1 Å². The van der Waals surface area contributed by atoms with Crippen LogP contribution < -0.4 is 4.74 Å². The Morgan fingerprint density at radius 2 is 2.07 bits per heavy atom. The molecule has 0 bridgehead atoms. The number of nitrogens with zero attached hydrogens (tertiary/aromatic N) is 1. The molecule has 0 N–H and O–H groups in total. The number of halogens is 3. The zero-order valence-corrected chi connectivity index (χ0v) is 17.9. The van der Waals surface area contributed by atoms with Gasteiger partial charge in [0.15, 0.2) is 0 Å². The monoisotopic (exact) mass is 447 g/mol. The van der Waals surface area contributed by atoms with Crippen LogP contribution in [0.4, 0.5) is 13.6 Å². The van der Waals surface area contributed by atoms with Crippen LogP contribution in [0.2, 0.25) is 0 Å². The highest BCUT2D eigenvalue weighted by molar-refractivity contribution is 9.10. The first kappa shape index (κ1) is 21.9. The summed E-state index contributed by atoms with van der Waals surface area (Å²) in [6.45, 7) is 7.22. The first-order valence-corrected chi connectivity index (χ1v) is 10.0. The van der Waals surface area contributed by atoms with Gasteiger partial charge in [-0.25, -0.2) is 13.6 Å². The molecule has 1 aromatic carbocycles. The fourth-order valence-electron chi connectivity index (χ4n) is 3.08. The fourth-order valence-corrected chi connectivity index (χ4v) is 3.43. The minimum Gasteiger partial charge on any atom is -0.493 e. The highest BCUT2D eigenvalue weighted by Gasteiger charge is 2.46. The van der Waals surface area contributed by atoms with Gasteiger partial charge in [-0.15, -0.1) is 0 Å². The zero-order chi connectivity index (χ0) is 20.2. The summed E-state index contributed by atoms with van der Waals surface area (Å²) in [6, 6.07) is 5.68. The number of ether oxygens (including phenoxy) is 2. The molecule has 0 saturated carbocycles. The van der Waals surface area contributed by atoms with Crippen LogP contribution in [0.25, 0.3) is 0 Å². The smallest absolute Gasteiger partial charge is 0.410 e. The number of hydrogen-bond acceptors (Lipinski definition) is 3. The van der Waals surface area contributed by atoms with Crippen LogP contribution in [-0.4, -0.2) is 42.2 Å². The summed E-state index contributed by atoms with van der Waals surface area (Å²) in [5, 5.41) is 0. The average molecular weight is 448 g/mol. The van der Waals surface area contributed by atoms with E-state index in [4.69, 9.17) is 9.47 Å². The largest absolute Gasteiger partial charge is 0.493 e. The maximum absolute atomic E-state index is 14.5. The molecule has 2 rings (SSSR count). The van der Waals surface area contributed by atoms with Crippen molar-refractivity contribution in [2.45, 2.75) is 58.5 Å². The Morgan fingerprint density at radius 3 is 2.70 bits per heavy atom. The summed E-state index contributed by atoms with van der Waals surface area (Å²) in [4.78, 5) is 13.1. The molecule has 0 aromatic heterocycles. The Bertz CT molecular complexity index is 661. The normalized spacial score (nSPS) is 19.7. The first-order chi connectivity index (χ1) is 12.5. The van der Waals surface area contributed by atoms with Gasteiger partial charge in [-0.3, -0.25) is 0 Å². The first-order valence-electron chi connectivity index (χ1n) is 9.23. The summed E-state index contributed by atoms with van der Waals surface area (Å²) in [6.07, 6.45) is 0.498. The predicted octanol–water partition coefficient (Wildman–Crippen LogP) is 5.81. The van der Waals surface area contributed by atoms with E-state index in [-0.39, 0.29) is 6.42 Å². The maximum Gasteiger partial charge on any atom is 0.410 e. The highest BCUT2D eigenvalue weighted by atomic mass is 79.9. The lowest BCUT2D eigenvalue weighted by Crippen LogP contribution is -2.51. The molecule has 27 heavy (non-hydrogen) atoms. The number of rotatable bonds is 5. The third-order valence-electron chi connectivity index (χ3n) is 4.57. The van der Waals surface area contributed by atoms with Gasteiger partial charge >= 0.3 is 6.09 Å². The maximum atomic E-state index is 14.5. The molecule has 1 aliphatic heterocycles. The van der Waals surface area contributed by atoms with E-state index in [0.717, 1.165) is 20.7 Å². The number of carbonyl (C=O) groups is 1. The van der Waals surface area contributed by atoms with Gasteiger partial charge in [0.25, 0.3) is 5.92 Å². The van der Waals surface area contributed by atoms with Crippen molar-refractivity contribution < 1.29 is 23.0 Å². The number of benzene rings is 1. The summed E-state index contributed by atoms with van der Waals surface area (Å²) >= 11 is 3.45. The van der Waals surface area contributed by atoms with Gasteiger partial charge in [0.1, 0.15) is 11.4 Å². The molecule has 0 unspecified atom stereocenters. The molecular weight excluding hydrogens is 420 g/mol. The molecule has 152 valence electrons. The highest BCUT2D eigenvalue weighted by Crippen LogP contribution is 2.36. The molecule has 0 radical (unpaired) electrons. The molecule has 1 saturated heterocycles. The van der Waals surface area contributed by atoms with Crippen molar-refractivity contribution in [2.24, 2.45) is 5.92 Å². The van der Waals surface area contributed by atoms with Crippen LogP contribution in [0.1, 0.15) is 45.6 Å². The second kappa shape index (κ2) is 8.76. The Hall–Kier alpha value is -1.37. The second-order valence-electron chi connectivity index (χ2n) is 8.00. The van der Waals surface area contributed by atoms with Crippen molar-refractivity contribution in [3.05, 3.63) is 28.2 Å². The van der Waals surface area contributed by atoms with Crippen LogP contribution in [0.3, 0.4) is 0 Å². The lowest BCUT2D eigenvalue weighted by Gasteiger charge is -2.38. The number of hydrogen-bond donors (Lipinski definition) is 0. The van der Waals surface area contributed by atoms with Crippen molar-refractivity contribution in [1.29, 1.82) is 0 Å². The molecule has 1 aliphatic rings. The van der Waals surface area contributed by atoms with Gasteiger partial charge in [-0.1, -0.05) is 22.0 Å². The standard InChI is InChI=1S/C20H28BrF2NO3/c1-14-16(21)8-5-9-17(14)26-12-6-7-15-10-11-24(13-20(15,22)23)18(25)27-19(2,3)4/h5,8-9,15H,6-7,10-13H2,1-4H3/t15-/m1/s1. The summed E-state index contributed by atoms with van der Waals surface area (Å²) in [5.74, 6) is -2.90. The predicted molar refractivity (Wildman–Crippen MR) is 104 cm³/mol. The van der Waals surface area contributed by atoms with Crippen molar-refractivity contribution in [3.63, 3.8) is 0 Å². The van der Waals surface area contributed by atoms with Crippen LogP contribution >= 0.6 is 15.9 Å². The van der Waals surface area contributed by atoms with E-state index in [0.29, 0.717) is 26.0 Å². The van der Waals surface area contributed by atoms with Gasteiger partial charge in [0.05, 0.1) is 13.2 Å². The number of likely N-dealkylation sites (tertiary alicyclic amines) is 1. The summed E-state index contributed by atoms with van der Waals surface area (Å²) in [5.41, 5.74) is 0.305. The van der Waals surface area contributed by atoms with Gasteiger partial charge in [-0.2, -0.15) is 0 Å². The van der Waals surface area contributed by atoms with E-state index in [1.165, 1.54) is 0 Å².